The van der Waals surface area contributed by atoms with Gasteiger partial charge in [-0.3, -0.25) is 9.59 Å². The number of benzene rings is 2. The van der Waals surface area contributed by atoms with E-state index in [9.17, 15) is 18.0 Å². The Morgan fingerprint density at radius 1 is 1.09 bits per heavy atom. The van der Waals surface area contributed by atoms with E-state index in [1.165, 1.54) is 18.2 Å². The fourth-order valence-electron chi connectivity index (χ4n) is 2.86. The Morgan fingerprint density at radius 3 is 2.47 bits per heavy atom. The molecule has 32 heavy (non-hydrogen) atoms. The summed E-state index contributed by atoms with van der Waals surface area (Å²) in [4.78, 5) is 24.6. The molecule has 1 aliphatic rings. The number of para-hydroxylation sites is 1. The molecule has 1 aliphatic heterocycles. The van der Waals surface area contributed by atoms with E-state index in [2.05, 4.69) is 10.0 Å². The molecule has 0 saturated carbocycles. The molecule has 0 radical (unpaired) electrons. The molecule has 1 amide bonds. The minimum absolute atomic E-state index is 0.0864. The highest BCUT2D eigenvalue weighted by Gasteiger charge is 2.31. The molecule has 0 aliphatic carbocycles. The van der Waals surface area contributed by atoms with E-state index in [0.717, 1.165) is 0 Å². The van der Waals surface area contributed by atoms with Crippen molar-refractivity contribution in [2.45, 2.75) is 24.8 Å². The molecule has 2 N–H and O–H groups in total. The lowest BCUT2D eigenvalue weighted by Crippen LogP contribution is -2.45. The Balaban J connectivity index is 1.64. The molecule has 3 rings (SSSR count). The van der Waals surface area contributed by atoms with E-state index >= 15 is 0 Å². The van der Waals surface area contributed by atoms with E-state index in [4.69, 9.17) is 25.8 Å². The molecule has 0 unspecified atom stereocenters. The molecule has 172 valence electrons. The summed E-state index contributed by atoms with van der Waals surface area (Å²) in [5.41, 5.74) is 0.370. The van der Waals surface area contributed by atoms with Crippen LogP contribution in [0.4, 0.5) is 5.69 Å². The number of carbonyl (C=O) groups is 2. The van der Waals surface area contributed by atoms with Crippen molar-refractivity contribution in [2.24, 2.45) is 5.92 Å². The maximum Gasteiger partial charge on any atom is 0.324 e. The third-order valence-corrected chi connectivity index (χ3v) is 6.29. The molecule has 0 aromatic heterocycles. The Hall–Kier alpha value is -2.82. The zero-order valence-corrected chi connectivity index (χ0v) is 19.0. The lowest BCUT2D eigenvalue weighted by atomic mass is 10.1. The lowest BCUT2D eigenvalue weighted by Gasteiger charge is -2.22. The molecule has 9 nitrogen and oxygen atoms in total. The Bertz CT molecular complexity index is 1110. The van der Waals surface area contributed by atoms with Crippen LogP contribution in [0.5, 0.6) is 11.5 Å². The molecule has 2 aromatic carbocycles. The minimum Gasteiger partial charge on any atom is -0.486 e. The second-order valence-corrected chi connectivity index (χ2v) is 9.41. The first-order chi connectivity index (χ1) is 15.2. The van der Waals surface area contributed by atoms with Crippen molar-refractivity contribution in [3.63, 3.8) is 0 Å². The fourth-order valence-corrected chi connectivity index (χ4v) is 4.39. The molecule has 0 saturated heterocycles. The summed E-state index contributed by atoms with van der Waals surface area (Å²) in [5, 5.41) is 2.86. The first kappa shape index (κ1) is 23.8. The van der Waals surface area contributed by atoms with E-state index in [1.54, 1.807) is 38.1 Å². The summed E-state index contributed by atoms with van der Waals surface area (Å²) in [5.74, 6) is -1.18. The van der Waals surface area contributed by atoms with E-state index in [0.29, 0.717) is 35.4 Å². The van der Waals surface area contributed by atoms with Crippen molar-refractivity contribution in [3.8, 4) is 11.5 Å². The smallest absolute Gasteiger partial charge is 0.324 e. The number of ether oxygens (including phenoxy) is 3. The van der Waals surface area contributed by atoms with Gasteiger partial charge in [0.05, 0.1) is 15.6 Å². The van der Waals surface area contributed by atoms with Crippen LogP contribution in [0.15, 0.2) is 47.4 Å². The standard InChI is InChI=1S/C21H23ClN2O7S/c1-13(2)20(21(26)31-12-19(25)23-16-6-4-3-5-15(16)22)24-32(27,28)14-7-8-17-18(11-14)30-10-9-29-17/h3-8,11,13,20,24H,9-10,12H2,1-2H3,(H,23,25)/t20-/m1/s1. The normalized spacial score (nSPS) is 14.0. The third kappa shape index (κ3) is 5.90. The molecule has 0 fully saturated rings. The molecule has 1 heterocycles. The predicted molar refractivity (Wildman–Crippen MR) is 117 cm³/mol. The van der Waals surface area contributed by atoms with E-state index in [1.807, 2.05) is 0 Å². The number of nitrogens with one attached hydrogen (secondary N) is 2. The Labute approximate surface area is 191 Å². The molecule has 11 heteroatoms. The SMILES string of the molecule is CC(C)[C@@H](NS(=O)(=O)c1ccc2c(c1)OCCO2)C(=O)OCC(=O)Nc1ccccc1Cl. The molecule has 2 aromatic rings. The Morgan fingerprint density at radius 2 is 1.78 bits per heavy atom. The van der Waals surface area contributed by atoms with Gasteiger partial charge in [-0.15, -0.1) is 0 Å². The lowest BCUT2D eigenvalue weighted by molar-refractivity contribution is -0.150. The first-order valence-corrected chi connectivity index (χ1v) is 11.7. The van der Waals surface area contributed by atoms with Gasteiger partial charge in [-0.25, -0.2) is 8.42 Å². The van der Waals surface area contributed by atoms with Gasteiger partial charge in [0.2, 0.25) is 10.0 Å². The van der Waals surface area contributed by atoms with Crippen molar-refractivity contribution < 1.29 is 32.2 Å². The zero-order valence-electron chi connectivity index (χ0n) is 17.5. The monoisotopic (exact) mass is 482 g/mol. The first-order valence-electron chi connectivity index (χ1n) is 9.80. The maximum absolute atomic E-state index is 12.8. The van der Waals surface area contributed by atoms with Crippen LogP contribution in [0.25, 0.3) is 0 Å². The second-order valence-electron chi connectivity index (χ2n) is 7.28. The van der Waals surface area contributed by atoms with Gasteiger partial charge in [0, 0.05) is 6.07 Å². The molecule has 0 bridgehead atoms. The van der Waals surface area contributed by atoms with Crippen LogP contribution in [-0.2, 0) is 24.3 Å². The molecule has 0 spiro atoms. The van der Waals surface area contributed by atoms with Crippen molar-refractivity contribution >= 4 is 39.2 Å². The molecular weight excluding hydrogens is 460 g/mol. The van der Waals surface area contributed by atoms with Gasteiger partial charge in [0.25, 0.3) is 5.91 Å². The van der Waals surface area contributed by atoms with Gasteiger partial charge in [-0.1, -0.05) is 37.6 Å². The fraction of sp³-hybridized carbons (Fsp3) is 0.333. The average Bonchev–Trinajstić information content (AvgIpc) is 2.77. The van der Waals surface area contributed by atoms with Crippen LogP contribution in [0, 0.1) is 5.92 Å². The van der Waals surface area contributed by atoms with Crippen LogP contribution in [0.1, 0.15) is 13.8 Å². The quantitative estimate of drug-likeness (QED) is 0.555. The summed E-state index contributed by atoms with van der Waals surface area (Å²) >= 11 is 5.98. The van der Waals surface area contributed by atoms with Crippen LogP contribution < -0.4 is 19.5 Å². The highest BCUT2D eigenvalue weighted by Crippen LogP contribution is 2.32. The van der Waals surface area contributed by atoms with Crippen molar-refractivity contribution in [1.29, 1.82) is 0 Å². The number of esters is 1. The number of hydrogen-bond acceptors (Lipinski definition) is 7. The number of rotatable bonds is 8. The number of hydrogen-bond donors (Lipinski definition) is 2. The largest absolute Gasteiger partial charge is 0.486 e. The third-order valence-electron chi connectivity index (χ3n) is 4.52. The number of sulfonamides is 1. The van der Waals surface area contributed by atoms with E-state index < -0.39 is 40.5 Å². The number of carbonyl (C=O) groups excluding carboxylic acids is 2. The number of fused-ring (bicyclic) bond motifs is 1. The van der Waals surface area contributed by atoms with Gasteiger partial charge < -0.3 is 19.5 Å². The average molecular weight is 483 g/mol. The van der Waals surface area contributed by atoms with E-state index in [-0.39, 0.29) is 4.90 Å². The summed E-state index contributed by atoms with van der Waals surface area (Å²) in [6, 6.07) is 9.57. The highest BCUT2D eigenvalue weighted by atomic mass is 35.5. The highest BCUT2D eigenvalue weighted by molar-refractivity contribution is 7.89. The van der Waals surface area contributed by atoms with Crippen LogP contribution in [-0.4, -0.2) is 46.2 Å². The van der Waals surface area contributed by atoms with Crippen molar-refractivity contribution in [2.75, 3.05) is 25.1 Å². The van der Waals surface area contributed by atoms with Crippen LogP contribution in [0.3, 0.4) is 0 Å². The predicted octanol–water partition coefficient (Wildman–Crippen LogP) is 2.60. The maximum atomic E-state index is 12.8. The van der Waals surface area contributed by atoms with Gasteiger partial charge in [-0.2, -0.15) is 4.72 Å². The van der Waals surface area contributed by atoms with Crippen LogP contribution in [0.2, 0.25) is 5.02 Å². The number of halogens is 1. The van der Waals surface area contributed by atoms with Gasteiger partial charge in [0.15, 0.2) is 18.1 Å². The zero-order chi connectivity index (χ0) is 23.3. The minimum atomic E-state index is -4.08. The summed E-state index contributed by atoms with van der Waals surface area (Å²) in [6.45, 7) is 3.40. The molecule has 1 atom stereocenters. The summed E-state index contributed by atoms with van der Waals surface area (Å²) < 4.78 is 43.9. The topological polar surface area (TPSA) is 120 Å². The van der Waals surface area contributed by atoms with Gasteiger partial charge >= 0.3 is 5.97 Å². The summed E-state index contributed by atoms with van der Waals surface area (Å²) in [7, 11) is -4.08. The molecular formula is C21H23ClN2O7S. The summed E-state index contributed by atoms with van der Waals surface area (Å²) in [6.07, 6.45) is 0. The van der Waals surface area contributed by atoms with Gasteiger partial charge in [0.1, 0.15) is 19.3 Å². The Kier molecular flexibility index (Phi) is 7.60. The second kappa shape index (κ2) is 10.2. The number of anilines is 1. The van der Waals surface area contributed by atoms with Crippen molar-refractivity contribution in [1.82, 2.24) is 4.72 Å². The van der Waals surface area contributed by atoms with Gasteiger partial charge in [-0.05, 0) is 30.2 Å². The van der Waals surface area contributed by atoms with Crippen molar-refractivity contribution in [3.05, 3.63) is 47.5 Å². The number of amides is 1. The van der Waals surface area contributed by atoms with Crippen LogP contribution >= 0.6 is 11.6 Å².